The highest BCUT2D eigenvalue weighted by molar-refractivity contribution is 7.91. The highest BCUT2D eigenvalue weighted by Crippen LogP contribution is 2.25. The Morgan fingerprint density at radius 3 is 2.08 bits per heavy atom. The maximum Gasteiger partial charge on any atom is 0.340 e. The van der Waals surface area contributed by atoms with E-state index < -0.39 is 21.7 Å². The first-order valence-corrected chi connectivity index (χ1v) is 13.5. The van der Waals surface area contributed by atoms with Crippen LogP contribution < -0.4 is 10.1 Å². The van der Waals surface area contributed by atoms with Gasteiger partial charge in [0.25, 0.3) is 0 Å². The van der Waals surface area contributed by atoms with Crippen LogP contribution in [0.1, 0.15) is 27.0 Å². The highest BCUT2D eigenvalue weighted by atomic mass is 32.2. The predicted octanol–water partition coefficient (Wildman–Crippen LogP) is 5.70. The van der Waals surface area contributed by atoms with Crippen LogP contribution in [-0.2, 0) is 14.6 Å². The number of esters is 1. The van der Waals surface area contributed by atoms with E-state index in [0.717, 1.165) is 16.7 Å². The predicted molar refractivity (Wildman–Crippen MR) is 149 cm³/mol. The van der Waals surface area contributed by atoms with Crippen LogP contribution in [0.4, 0.5) is 5.69 Å². The lowest BCUT2D eigenvalue weighted by molar-refractivity contribution is 0.0601. The first kappa shape index (κ1) is 26.5. The number of rotatable bonds is 7. The maximum absolute atomic E-state index is 12.9. The molecule has 0 saturated heterocycles. The van der Waals surface area contributed by atoms with Gasteiger partial charge in [0, 0.05) is 11.1 Å². The molecule has 0 aliphatic carbocycles. The molecule has 0 radical (unpaired) electrons. The fraction of sp³-hybridized carbons (Fsp3) is 0.129. The van der Waals surface area contributed by atoms with Gasteiger partial charge in [0.2, 0.25) is 0 Å². The van der Waals surface area contributed by atoms with Crippen LogP contribution in [-0.4, -0.2) is 34.5 Å². The molecule has 4 rings (SSSR count). The summed E-state index contributed by atoms with van der Waals surface area (Å²) >= 11 is 0. The molecule has 0 unspecified atom stereocenters. The fourth-order valence-electron chi connectivity index (χ4n) is 3.92. The second-order valence-corrected chi connectivity index (χ2v) is 10.5. The average Bonchev–Trinajstić information content (AvgIpc) is 2.95. The van der Waals surface area contributed by atoms with Gasteiger partial charge in [-0.1, -0.05) is 54.3 Å². The monoisotopic (exact) mass is 525 g/mol. The van der Waals surface area contributed by atoms with E-state index in [4.69, 9.17) is 9.47 Å². The lowest BCUT2D eigenvalue weighted by Gasteiger charge is -2.15. The van der Waals surface area contributed by atoms with Gasteiger partial charge in [-0.25, -0.2) is 13.2 Å². The number of ether oxygens (including phenoxy) is 2. The van der Waals surface area contributed by atoms with Crippen molar-refractivity contribution in [2.24, 2.45) is 0 Å². The highest BCUT2D eigenvalue weighted by Gasteiger charge is 2.19. The summed E-state index contributed by atoms with van der Waals surface area (Å²) in [4.78, 5) is 12.7. The molecule has 0 spiro atoms. The molecule has 0 amide bonds. The van der Waals surface area contributed by atoms with Gasteiger partial charge in [0.05, 0.1) is 30.4 Å². The molecule has 0 aliphatic rings. The van der Waals surface area contributed by atoms with Crippen LogP contribution in [0.15, 0.2) is 95.9 Å². The molecule has 0 bridgehead atoms. The number of carbonyl (C=O) groups is 1. The van der Waals surface area contributed by atoms with Crippen LogP contribution in [0.2, 0.25) is 0 Å². The molecule has 0 aromatic heterocycles. The molecule has 38 heavy (non-hydrogen) atoms. The molecular formula is C31H27NO5S. The molecule has 7 heteroatoms. The summed E-state index contributed by atoms with van der Waals surface area (Å²) < 4.78 is 35.8. The van der Waals surface area contributed by atoms with Crippen molar-refractivity contribution in [3.05, 3.63) is 113 Å². The largest absolute Gasteiger partial charge is 0.497 e. The van der Waals surface area contributed by atoms with E-state index in [1.54, 1.807) is 31.2 Å². The Morgan fingerprint density at radius 1 is 0.816 bits per heavy atom. The molecule has 6 nitrogen and oxygen atoms in total. The number of aryl methyl sites for hydroxylation is 1. The van der Waals surface area contributed by atoms with Crippen LogP contribution in [0, 0.1) is 18.8 Å². The van der Waals surface area contributed by atoms with E-state index in [-0.39, 0.29) is 10.5 Å². The molecule has 0 fully saturated rings. The number of nitrogens with one attached hydrogen (secondary N) is 1. The Balaban J connectivity index is 1.57. The smallest absolute Gasteiger partial charge is 0.340 e. The zero-order valence-corrected chi connectivity index (χ0v) is 22.1. The Labute approximate surface area is 223 Å². The van der Waals surface area contributed by atoms with Crippen molar-refractivity contribution in [3.63, 3.8) is 0 Å². The van der Waals surface area contributed by atoms with Gasteiger partial charge >= 0.3 is 5.97 Å². The van der Waals surface area contributed by atoms with Crippen molar-refractivity contribution < 1.29 is 22.7 Å². The van der Waals surface area contributed by atoms with Crippen molar-refractivity contribution in [1.82, 2.24) is 0 Å². The van der Waals surface area contributed by atoms with E-state index in [2.05, 4.69) is 29.3 Å². The molecule has 0 saturated carbocycles. The second kappa shape index (κ2) is 11.7. The van der Waals surface area contributed by atoms with Gasteiger partial charge in [-0.2, -0.15) is 0 Å². The molecular weight excluding hydrogens is 498 g/mol. The van der Waals surface area contributed by atoms with E-state index in [0.29, 0.717) is 22.6 Å². The van der Waals surface area contributed by atoms with Gasteiger partial charge in [-0.05, 0) is 72.1 Å². The van der Waals surface area contributed by atoms with E-state index in [1.165, 1.54) is 26.4 Å². The van der Waals surface area contributed by atoms with Gasteiger partial charge in [0.15, 0.2) is 9.84 Å². The minimum atomic E-state index is -3.68. The second-order valence-electron chi connectivity index (χ2n) is 8.51. The summed E-state index contributed by atoms with van der Waals surface area (Å²) in [6, 6.07) is 27.5. The SMILES string of the molecule is COC(=O)c1cc(C#Cc2ccc(-c3ccccc3)cc2)cc(C)c1NCS(=O)(=O)c1ccc(OC)cc1. The standard InChI is InChI=1S/C31H27NO5S/c1-22-19-24(10-9-23-11-13-26(14-12-23)25-7-5-4-6-8-25)20-29(31(33)37-3)30(22)32-21-38(34,35)28-17-15-27(36-2)16-18-28/h4-8,11-20,32H,21H2,1-3H3. The average molecular weight is 526 g/mol. The summed E-state index contributed by atoms with van der Waals surface area (Å²) in [6.07, 6.45) is 0. The lowest BCUT2D eigenvalue weighted by Crippen LogP contribution is -2.18. The quantitative estimate of drug-likeness (QED) is 0.246. The number of methoxy groups -OCH3 is 2. The van der Waals surface area contributed by atoms with E-state index in [9.17, 15) is 13.2 Å². The van der Waals surface area contributed by atoms with Gasteiger partial charge in [0.1, 0.15) is 11.6 Å². The van der Waals surface area contributed by atoms with Crippen LogP contribution >= 0.6 is 0 Å². The number of hydrogen-bond donors (Lipinski definition) is 1. The van der Waals surface area contributed by atoms with Gasteiger partial charge < -0.3 is 14.8 Å². The van der Waals surface area contributed by atoms with Crippen molar-refractivity contribution in [3.8, 4) is 28.7 Å². The van der Waals surface area contributed by atoms with Gasteiger partial charge in [-0.3, -0.25) is 0 Å². The third-order valence-electron chi connectivity index (χ3n) is 5.94. The molecule has 4 aromatic carbocycles. The van der Waals surface area contributed by atoms with Crippen LogP contribution in [0.5, 0.6) is 5.75 Å². The van der Waals surface area contributed by atoms with Crippen LogP contribution in [0.25, 0.3) is 11.1 Å². The Morgan fingerprint density at radius 2 is 1.45 bits per heavy atom. The van der Waals surface area contributed by atoms with Crippen molar-refractivity contribution in [2.45, 2.75) is 11.8 Å². The first-order valence-electron chi connectivity index (χ1n) is 11.8. The summed E-state index contributed by atoms with van der Waals surface area (Å²) in [6.45, 7) is 1.79. The number of carbonyl (C=O) groups excluding carboxylic acids is 1. The first-order chi connectivity index (χ1) is 18.3. The Kier molecular flexibility index (Phi) is 8.15. The molecule has 1 N–H and O–H groups in total. The molecule has 0 aliphatic heterocycles. The molecule has 4 aromatic rings. The Hall–Kier alpha value is -4.54. The number of sulfone groups is 1. The Bertz CT molecular complexity index is 1600. The number of benzene rings is 4. The third-order valence-corrected chi connectivity index (χ3v) is 7.46. The topological polar surface area (TPSA) is 81.7 Å². The van der Waals surface area contributed by atoms with Crippen molar-refractivity contribution >= 4 is 21.5 Å². The van der Waals surface area contributed by atoms with Gasteiger partial charge in [-0.15, -0.1) is 0 Å². The molecule has 0 atom stereocenters. The summed E-state index contributed by atoms with van der Waals surface area (Å²) in [7, 11) is -0.885. The zero-order chi connectivity index (χ0) is 27.1. The summed E-state index contributed by atoms with van der Waals surface area (Å²) in [5.74, 6) is 5.80. The lowest BCUT2D eigenvalue weighted by atomic mass is 10.0. The summed E-state index contributed by atoms with van der Waals surface area (Å²) in [5, 5.41) is 2.92. The zero-order valence-electron chi connectivity index (χ0n) is 21.3. The number of anilines is 1. The fourth-order valence-corrected chi connectivity index (χ4v) is 4.97. The van der Waals surface area contributed by atoms with E-state index >= 15 is 0 Å². The number of hydrogen-bond acceptors (Lipinski definition) is 6. The maximum atomic E-state index is 12.9. The van der Waals surface area contributed by atoms with Crippen LogP contribution in [0.3, 0.4) is 0 Å². The normalized spacial score (nSPS) is 10.7. The molecule has 192 valence electrons. The van der Waals surface area contributed by atoms with Crippen molar-refractivity contribution in [1.29, 1.82) is 0 Å². The third kappa shape index (κ3) is 6.23. The van der Waals surface area contributed by atoms with E-state index in [1.807, 2.05) is 42.5 Å². The minimum absolute atomic E-state index is 0.142. The molecule has 0 heterocycles. The minimum Gasteiger partial charge on any atom is -0.497 e. The van der Waals surface area contributed by atoms with Crippen molar-refractivity contribution in [2.75, 3.05) is 25.4 Å². The summed E-state index contributed by atoms with van der Waals surface area (Å²) in [5.41, 5.74) is 4.92.